The monoisotopic (exact) mass is 266 g/mol. The maximum atomic E-state index is 12.2. The molecule has 0 spiro atoms. The van der Waals surface area contributed by atoms with Gasteiger partial charge in [0.25, 0.3) is 5.91 Å². The number of carbonyl (C=O) groups is 1. The second kappa shape index (κ2) is 5.45. The quantitative estimate of drug-likeness (QED) is 0.877. The number of carbonyl (C=O) groups excluding carboxylic acids is 1. The number of benzene rings is 2. The molecule has 0 atom stereocenters. The third-order valence-electron chi connectivity index (χ3n) is 3.09. The predicted molar refractivity (Wildman–Crippen MR) is 76.7 cm³/mol. The van der Waals surface area contributed by atoms with Crippen molar-refractivity contribution in [2.24, 2.45) is 0 Å². The zero-order valence-electron chi connectivity index (χ0n) is 11.3. The van der Waals surface area contributed by atoms with Gasteiger partial charge in [-0.05, 0) is 49.2 Å². The number of nitriles is 1. The van der Waals surface area contributed by atoms with Gasteiger partial charge in [-0.3, -0.25) is 4.79 Å². The molecule has 0 unspecified atom stereocenters. The van der Waals surface area contributed by atoms with Crippen LogP contribution in [0.15, 0.2) is 36.4 Å². The Labute approximate surface area is 117 Å². The van der Waals surface area contributed by atoms with Crippen molar-refractivity contribution < 1.29 is 9.90 Å². The third-order valence-corrected chi connectivity index (χ3v) is 3.09. The summed E-state index contributed by atoms with van der Waals surface area (Å²) in [6.45, 7) is 3.57. The Bertz CT molecular complexity index is 715. The molecule has 0 aliphatic rings. The van der Waals surface area contributed by atoms with E-state index in [0.29, 0.717) is 22.4 Å². The Morgan fingerprint density at radius 1 is 1.20 bits per heavy atom. The van der Waals surface area contributed by atoms with Gasteiger partial charge in [0.15, 0.2) is 0 Å². The van der Waals surface area contributed by atoms with Crippen molar-refractivity contribution in [3.05, 3.63) is 58.7 Å². The highest BCUT2D eigenvalue weighted by atomic mass is 16.3. The SMILES string of the molecule is Cc1cc(O)ccc1C(=O)Nc1cccc(C)c1C#N. The minimum atomic E-state index is -0.301. The van der Waals surface area contributed by atoms with E-state index in [1.165, 1.54) is 12.1 Å². The van der Waals surface area contributed by atoms with Crippen molar-refractivity contribution in [3.8, 4) is 11.8 Å². The molecule has 20 heavy (non-hydrogen) atoms. The Morgan fingerprint density at radius 3 is 2.60 bits per heavy atom. The molecule has 0 fully saturated rings. The molecule has 0 aliphatic heterocycles. The second-order valence-electron chi connectivity index (χ2n) is 4.56. The Hall–Kier alpha value is -2.80. The van der Waals surface area contributed by atoms with Crippen LogP contribution in [0.25, 0.3) is 0 Å². The fraction of sp³-hybridized carbons (Fsp3) is 0.125. The number of hydrogen-bond acceptors (Lipinski definition) is 3. The molecule has 0 radical (unpaired) electrons. The average molecular weight is 266 g/mol. The van der Waals surface area contributed by atoms with Crippen LogP contribution >= 0.6 is 0 Å². The molecular formula is C16H14N2O2. The molecular weight excluding hydrogens is 252 g/mol. The molecule has 2 N–H and O–H groups in total. The molecule has 0 saturated heterocycles. The van der Waals surface area contributed by atoms with Gasteiger partial charge >= 0.3 is 0 Å². The van der Waals surface area contributed by atoms with E-state index in [1.807, 2.05) is 13.0 Å². The summed E-state index contributed by atoms with van der Waals surface area (Å²) >= 11 is 0. The number of phenolic OH excluding ortho intramolecular Hbond substituents is 1. The summed E-state index contributed by atoms with van der Waals surface area (Å²) in [5.74, 6) is -0.183. The molecule has 0 bridgehead atoms. The zero-order chi connectivity index (χ0) is 14.7. The zero-order valence-corrected chi connectivity index (χ0v) is 11.3. The van der Waals surface area contributed by atoms with Gasteiger partial charge in [-0.2, -0.15) is 5.26 Å². The summed E-state index contributed by atoms with van der Waals surface area (Å²) in [6.07, 6.45) is 0. The van der Waals surface area contributed by atoms with Crippen LogP contribution in [-0.4, -0.2) is 11.0 Å². The van der Waals surface area contributed by atoms with E-state index in [0.717, 1.165) is 5.56 Å². The Kier molecular flexibility index (Phi) is 3.72. The molecule has 2 aromatic carbocycles. The second-order valence-corrected chi connectivity index (χ2v) is 4.56. The number of nitrogens with zero attached hydrogens (tertiary/aromatic N) is 1. The molecule has 0 aliphatic carbocycles. The van der Waals surface area contributed by atoms with Gasteiger partial charge < -0.3 is 10.4 Å². The Morgan fingerprint density at radius 2 is 1.95 bits per heavy atom. The fourth-order valence-corrected chi connectivity index (χ4v) is 2.01. The number of nitrogens with one attached hydrogen (secondary N) is 1. The summed E-state index contributed by atoms with van der Waals surface area (Å²) < 4.78 is 0. The highest BCUT2D eigenvalue weighted by Crippen LogP contribution is 2.21. The number of hydrogen-bond donors (Lipinski definition) is 2. The van der Waals surface area contributed by atoms with Gasteiger partial charge in [-0.15, -0.1) is 0 Å². The summed E-state index contributed by atoms with van der Waals surface area (Å²) in [6, 6.07) is 11.9. The first-order valence-electron chi connectivity index (χ1n) is 6.13. The molecule has 4 nitrogen and oxygen atoms in total. The number of aryl methyl sites for hydroxylation is 2. The van der Waals surface area contributed by atoms with Crippen LogP contribution in [0.3, 0.4) is 0 Å². The molecule has 2 rings (SSSR count). The predicted octanol–water partition coefficient (Wildman–Crippen LogP) is 3.13. The minimum absolute atomic E-state index is 0.118. The maximum Gasteiger partial charge on any atom is 0.255 e. The average Bonchev–Trinajstić information content (AvgIpc) is 2.38. The molecule has 0 aromatic heterocycles. The lowest BCUT2D eigenvalue weighted by Crippen LogP contribution is -2.14. The van der Waals surface area contributed by atoms with E-state index in [4.69, 9.17) is 5.26 Å². The summed E-state index contributed by atoms with van der Waals surface area (Å²) in [4.78, 5) is 12.2. The van der Waals surface area contributed by atoms with Gasteiger partial charge in [0.2, 0.25) is 0 Å². The van der Waals surface area contributed by atoms with E-state index in [1.54, 1.807) is 25.1 Å². The minimum Gasteiger partial charge on any atom is -0.508 e. The molecule has 0 heterocycles. The van der Waals surface area contributed by atoms with E-state index >= 15 is 0 Å². The first kappa shape index (κ1) is 13.6. The van der Waals surface area contributed by atoms with Gasteiger partial charge in [0.05, 0.1) is 11.3 Å². The van der Waals surface area contributed by atoms with Crippen molar-refractivity contribution in [2.75, 3.05) is 5.32 Å². The first-order chi connectivity index (χ1) is 9.52. The Balaban J connectivity index is 2.33. The molecule has 2 aromatic rings. The molecule has 100 valence electrons. The third kappa shape index (κ3) is 2.62. The van der Waals surface area contributed by atoms with Crippen molar-refractivity contribution in [1.82, 2.24) is 0 Å². The normalized spacial score (nSPS) is 9.85. The van der Waals surface area contributed by atoms with Crippen molar-refractivity contribution in [3.63, 3.8) is 0 Å². The molecule has 4 heteroatoms. The molecule has 1 amide bonds. The lowest BCUT2D eigenvalue weighted by atomic mass is 10.1. The van der Waals surface area contributed by atoms with Crippen LogP contribution in [0.5, 0.6) is 5.75 Å². The number of phenols is 1. The van der Waals surface area contributed by atoms with Crippen molar-refractivity contribution in [2.45, 2.75) is 13.8 Å². The smallest absolute Gasteiger partial charge is 0.255 e. The summed E-state index contributed by atoms with van der Waals surface area (Å²) in [7, 11) is 0. The number of rotatable bonds is 2. The van der Waals surface area contributed by atoms with Gasteiger partial charge in [0, 0.05) is 5.56 Å². The standard InChI is InChI=1S/C16H14N2O2/c1-10-4-3-5-15(14(10)9-17)18-16(20)13-7-6-12(19)8-11(13)2/h3-8,19H,1-2H3,(H,18,20). The first-order valence-corrected chi connectivity index (χ1v) is 6.13. The van der Waals surface area contributed by atoms with Crippen molar-refractivity contribution >= 4 is 11.6 Å². The lowest BCUT2D eigenvalue weighted by Gasteiger charge is -2.10. The van der Waals surface area contributed by atoms with Crippen molar-refractivity contribution in [1.29, 1.82) is 5.26 Å². The van der Waals surface area contributed by atoms with Gasteiger partial charge in [-0.1, -0.05) is 12.1 Å². The topological polar surface area (TPSA) is 73.1 Å². The fourth-order valence-electron chi connectivity index (χ4n) is 2.01. The van der Waals surface area contributed by atoms with Crippen LogP contribution in [0.2, 0.25) is 0 Å². The summed E-state index contributed by atoms with van der Waals surface area (Å²) in [5, 5.41) is 21.2. The van der Waals surface area contributed by atoms with E-state index in [9.17, 15) is 9.90 Å². The van der Waals surface area contributed by atoms with E-state index in [2.05, 4.69) is 11.4 Å². The highest BCUT2D eigenvalue weighted by molar-refractivity contribution is 6.06. The van der Waals surface area contributed by atoms with Crippen LogP contribution in [0.1, 0.15) is 27.0 Å². The van der Waals surface area contributed by atoms with Crippen LogP contribution < -0.4 is 5.32 Å². The van der Waals surface area contributed by atoms with Gasteiger partial charge in [0.1, 0.15) is 11.8 Å². The van der Waals surface area contributed by atoms with E-state index in [-0.39, 0.29) is 11.7 Å². The summed E-state index contributed by atoms with van der Waals surface area (Å²) in [5.41, 5.74) is 2.90. The highest BCUT2D eigenvalue weighted by Gasteiger charge is 2.12. The largest absolute Gasteiger partial charge is 0.508 e. The number of amides is 1. The van der Waals surface area contributed by atoms with Crippen LogP contribution in [0, 0.1) is 25.2 Å². The number of aromatic hydroxyl groups is 1. The van der Waals surface area contributed by atoms with Crippen LogP contribution in [0.4, 0.5) is 5.69 Å². The lowest BCUT2D eigenvalue weighted by molar-refractivity contribution is 0.102. The number of anilines is 1. The maximum absolute atomic E-state index is 12.2. The van der Waals surface area contributed by atoms with E-state index < -0.39 is 0 Å². The molecule has 0 saturated carbocycles. The van der Waals surface area contributed by atoms with Gasteiger partial charge in [-0.25, -0.2) is 0 Å². The van der Waals surface area contributed by atoms with Crippen LogP contribution in [-0.2, 0) is 0 Å².